The number of piperazine rings is 1. The summed E-state index contributed by atoms with van der Waals surface area (Å²) in [5.74, 6) is 0.548. The molecule has 0 unspecified atom stereocenters. The van der Waals surface area contributed by atoms with Gasteiger partial charge in [0, 0.05) is 73.5 Å². The number of aromatic nitrogens is 3. The minimum Gasteiger partial charge on any atom is -0.353 e. The number of rotatable bonds is 7. The second kappa shape index (κ2) is 10.7. The van der Waals surface area contributed by atoms with Crippen LogP contribution in [0.5, 0.6) is 0 Å². The van der Waals surface area contributed by atoms with E-state index >= 15 is 0 Å². The van der Waals surface area contributed by atoms with Crippen molar-refractivity contribution in [1.82, 2.24) is 24.8 Å². The number of hydrogen-bond donors (Lipinski definition) is 1. The van der Waals surface area contributed by atoms with Gasteiger partial charge in [0.15, 0.2) is 0 Å². The molecular formula is C23H24Cl2N6O2. The molecule has 3 heterocycles. The smallest absolute Gasteiger partial charge is 0.254 e. The maximum absolute atomic E-state index is 12.8. The highest BCUT2D eigenvalue weighted by Crippen LogP contribution is 2.21. The molecule has 1 aliphatic rings. The Kier molecular flexibility index (Phi) is 7.47. The van der Waals surface area contributed by atoms with Crippen molar-refractivity contribution >= 4 is 40.8 Å². The minimum absolute atomic E-state index is 0.0907. The zero-order valence-corrected chi connectivity index (χ0v) is 19.5. The molecule has 0 aliphatic carbocycles. The lowest BCUT2D eigenvalue weighted by molar-refractivity contribution is 0.0746. The van der Waals surface area contributed by atoms with Crippen molar-refractivity contribution in [3.63, 3.8) is 0 Å². The zero-order chi connectivity index (χ0) is 23.2. The van der Waals surface area contributed by atoms with Gasteiger partial charge in [0.25, 0.3) is 11.8 Å². The van der Waals surface area contributed by atoms with Crippen LogP contribution in [0.2, 0.25) is 10.0 Å². The number of hydrogen-bond acceptors (Lipinski definition) is 5. The van der Waals surface area contributed by atoms with E-state index in [1.54, 1.807) is 47.9 Å². The Hall–Kier alpha value is -3.10. The molecule has 172 valence electrons. The number of amides is 2. The van der Waals surface area contributed by atoms with Gasteiger partial charge in [-0.05, 0) is 36.8 Å². The topological polar surface area (TPSA) is 83.4 Å². The van der Waals surface area contributed by atoms with Crippen LogP contribution < -0.4 is 10.2 Å². The van der Waals surface area contributed by atoms with Gasteiger partial charge in [-0.1, -0.05) is 23.2 Å². The van der Waals surface area contributed by atoms with Crippen LogP contribution in [0.1, 0.15) is 27.1 Å². The van der Waals surface area contributed by atoms with Gasteiger partial charge in [0.05, 0.1) is 11.9 Å². The highest BCUT2D eigenvalue weighted by molar-refractivity contribution is 6.35. The van der Waals surface area contributed by atoms with Gasteiger partial charge >= 0.3 is 0 Å². The molecule has 1 saturated heterocycles. The van der Waals surface area contributed by atoms with Crippen molar-refractivity contribution in [3.05, 3.63) is 76.4 Å². The molecule has 3 aromatic rings. The molecule has 1 fully saturated rings. The summed E-state index contributed by atoms with van der Waals surface area (Å²) in [6.45, 7) is 3.79. The Morgan fingerprint density at radius 1 is 1.00 bits per heavy atom. The van der Waals surface area contributed by atoms with Gasteiger partial charge in [0.1, 0.15) is 5.82 Å². The number of nitrogens with zero attached hydrogens (tertiary/aromatic N) is 5. The largest absolute Gasteiger partial charge is 0.353 e. The van der Waals surface area contributed by atoms with Crippen molar-refractivity contribution in [2.45, 2.75) is 13.0 Å². The summed E-state index contributed by atoms with van der Waals surface area (Å²) in [6.07, 6.45) is 7.79. The predicted molar refractivity (Wildman–Crippen MR) is 128 cm³/mol. The monoisotopic (exact) mass is 486 g/mol. The molecule has 8 nitrogen and oxygen atoms in total. The summed E-state index contributed by atoms with van der Waals surface area (Å²) in [4.78, 5) is 37.5. The standard InChI is InChI=1S/C23H24Cl2N6O2/c24-19-12-18(13-20(25)14-19)23(33)31-10-8-30(9-11-31)21-3-2-17(15-28-21)22(32)27-4-1-6-29-7-5-26-16-29/h2-3,5,7,12-16H,1,4,6,8-11H2,(H,27,32). The maximum atomic E-state index is 12.8. The van der Waals surface area contributed by atoms with Crippen LogP contribution in [0.25, 0.3) is 0 Å². The second-order valence-electron chi connectivity index (χ2n) is 7.75. The first kappa shape index (κ1) is 23.1. The number of benzene rings is 1. The molecule has 0 bridgehead atoms. The molecule has 0 saturated carbocycles. The fraction of sp³-hybridized carbons (Fsp3) is 0.304. The van der Waals surface area contributed by atoms with Crippen LogP contribution >= 0.6 is 23.2 Å². The van der Waals surface area contributed by atoms with Crippen LogP contribution in [0.4, 0.5) is 5.82 Å². The average molecular weight is 487 g/mol. The SMILES string of the molecule is O=C(NCCCn1ccnc1)c1ccc(N2CCN(C(=O)c3cc(Cl)cc(Cl)c3)CC2)nc1. The lowest BCUT2D eigenvalue weighted by Gasteiger charge is -2.35. The van der Waals surface area contributed by atoms with Crippen molar-refractivity contribution < 1.29 is 9.59 Å². The first-order chi connectivity index (χ1) is 16.0. The molecule has 0 atom stereocenters. The van der Waals surface area contributed by atoms with E-state index in [0.717, 1.165) is 18.8 Å². The molecule has 0 spiro atoms. The third-order valence-corrected chi connectivity index (χ3v) is 5.88. The van der Waals surface area contributed by atoms with E-state index < -0.39 is 0 Å². The first-order valence-electron chi connectivity index (χ1n) is 10.7. The van der Waals surface area contributed by atoms with Gasteiger partial charge in [-0.15, -0.1) is 0 Å². The highest BCUT2D eigenvalue weighted by Gasteiger charge is 2.23. The third kappa shape index (κ3) is 6.03. The lowest BCUT2D eigenvalue weighted by Crippen LogP contribution is -2.49. The first-order valence-corrected chi connectivity index (χ1v) is 11.5. The van der Waals surface area contributed by atoms with E-state index in [-0.39, 0.29) is 11.8 Å². The van der Waals surface area contributed by atoms with Crippen molar-refractivity contribution in [3.8, 4) is 0 Å². The number of pyridine rings is 1. The molecule has 33 heavy (non-hydrogen) atoms. The van der Waals surface area contributed by atoms with Gasteiger partial charge in [-0.2, -0.15) is 0 Å². The molecule has 1 N–H and O–H groups in total. The lowest BCUT2D eigenvalue weighted by atomic mass is 10.1. The highest BCUT2D eigenvalue weighted by atomic mass is 35.5. The molecule has 2 aromatic heterocycles. The van der Waals surface area contributed by atoms with Crippen LogP contribution in [0.3, 0.4) is 0 Å². The summed E-state index contributed by atoms with van der Waals surface area (Å²) in [5, 5.41) is 3.79. The Bertz CT molecular complexity index is 1080. The van der Waals surface area contributed by atoms with E-state index in [4.69, 9.17) is 23.2 Å². The van der Waals surface area contributed by atoms with Crippen molar-refractivity contribution in [1.29, 1.82) is 0 Å². The van der Waals surface area contributed by atoms with Gasteiger partial charge in [0.2, 0.25) is 0 Å². The summed E-state index contributed by atoms with van der Waals surface area (Å²) < 4.78 is 1.97. The fourth-order valence-electron chi connectivity index (χ4n) is 3.69. The Balaban J connectivity index is 1.25. The van der Waals surface area contributed by atoms with Crippen molar-refractivity contribution in [2.75, 3.05) is 37.6 Å². The summed E-state index contributed by atoms with van der Waals surface area (Å²) in [6, 6.07) is 8.49. The maximum Gasteiger partial charge on any atom is 0.254 e. The second-order valence-corrected chi connectivity index (χ2v) is 8.63. The minimum atomic E-state index is -0.143. The molecule has 1 aliphatic heterocycles. The van der Waals surface area contributed by atoms with E-state index in [1.807, 2.05) is 16.8 Å². The molecule has 2 amide bonds. The summed E-state index contributed by atoms with van der Waals surface area (Å²) in [7, 11) is 0. The van der Waals surface area contributed by atoms with Gasteiger partial charge in [-0.3, -0.25) is 9.59 Å². The summed E-state index contributed by atoms with van der Waals surface area (Å²) in [5.41, 5.74) is 1.01. The van der Waals surface area contributed by atoms with E-state index in [0.29, 0.717) is 53.9 Å². The predicted octanol–water partition coefficient (Wildman–Crippen LogP) is 3.37. The normalized spacial score (nSPS) is 13.8. The molecule has 4 rings (SSSR count). The molecule has 1 aromatic carbocycles. The number of carbonyl (C=O) groups excluding carboxylic acids is 2. The zero-order valence-electron chi connectivity index (χ0n) is 18.0. The number of carbonyl (C=O) groups is 2. The fourth-order valence-corrected chi connectivity index (χ4v) is 4.22. The Morgan fingerprint density at radius 2 is 1.76 bits per heavy atom. The number of nitrogens with one attached hydrogen (secondary N) is 1. The average Bonchev–Trinajstić information content (AvgIpc) is 3.34. The Labute approximate surface area is 202 Å². The number of aryl methyl sites for hydroxylation is 1. The van der Waals surface area contributed by atoms with Crippen LogP contribution in [-0.4, -0.2) is 64.0 Å². The molecule has 10 heteroatoms. The van der Waals surface area contributed by atoms with Crippen LogP contribution in [0.15, 0.2) is 55.2 Å². The number of halogens is 2. The van der Waals surface area contributed by atoms with E-state index in [2.05, 4.69) is 20.2 Å². The third-order valence-electron chi connectivity index (χ3n) is 5.45. The number of anilines is 1. The van der Waals surface area contributed by atoms with E-state index in [1.165, 1.54) is 0 Å². The van der Waals surface area contributed by atoms with E-state index in [9.17, 15) is 9.59 Å². The number of imidazole rings is 1. The summed E-state index contributed by atoms with van der Waals surface area (Å²) >= 11 is 12.0. The quantitative estimate of drug-likeness (QED) is 0.517. The Morgan fingerprint density at radius 3 is 2.39 bits per heavy atom. The molecular weight excluding hydrogens is 463 g/mol. The van der Waals surface area contributed by atoms with Gasteiger partial charge < -0.3 is 19.7 Å². The van der Waals surface area contributed by atoms with Crippen molar-refractivity contribution in [2.24, 2.45) is 0 Å². The van der Waals surface area contributed by atoms with Gasteiger partial charge in [-0.25, -0.2) is 9.97 Å². The molecule has 0 radical (unpaired) electrons. The van der Waals surface area contributed by atoms with Crippen LogP contribution in [0, 0.1) is 0 Å². The van der Waals surface area contributed by atoms with Crippen LogP contribution in [-0.2, 0) is 6.54 Å².